The van der Waals surface area contributed by atoms with Crippen molar-refractivity contribution >= 4 is 12.2 Å². The number of esters is 1. The van der Waals surface area contributed by atoms with Gasteiger partial charge in [-0.15, -0.1) is 0 Å². The summed E-state index contributed by atoms with van der Waals surface area (Å²) in [5.41, 5.74) is 0.620. The van der Waals surface area contributed by atoms with Gasteiger partial charge in [0.1, 0.15) is 25.1 Å². The average molecular weight is 480 g/mol. The van der Waals surface area contributed by atoms with Gasteiger partial charge in [0.05, 0.1) is 22.0 Å². The van der Waals surface area contributed by atoms with E-state index in [-0.39, 0.29) is 16.9 Å². The molecule has 1 heterocycles. The predicted octanol–water partition coefficient (Wildman–Crippen LogP) is 5.37. The van der Waals surface area contributed by atoms with Gasteiger partial charge in [-0.05, 0) is 79.1 Å². The Labute approximate surface area is 201 Å². The normalized spacial score (nSPS) is 13.1. The second kappa shape index (κ2) is 17.0. The summed E-state index contributed by atoms with van der Waals surface area (Å²) in [7, 11) is 1.28. The summed E-state index contributed by atoms with van der Waals surface area (Å²) in [4.78, 5) is 21.1. The van der Waals surface area contributed by atoms with Gasteiger partial charge in [0, 0.05) is 18.8 Å². The molecule has 0 amide bonds. The summed E-state index contributed by atoms with van der Waals surface area (Å²) in [5.74, 6) is -1.66. The molecule has 1 aliphatic heterocycles. The van der Waals surface area contributed by atoms with Gasteiger partial charge in [0.2, 0.25) is 0 Å². The molecule has 0 bridgehead atoms. The monoisotopic (exact) mass is 479 g/mol. The van der Waals surface area contributed by atoms with Gasteiger partial charge < -0.3 is 14.6 Å². The van der Waals surface area contributed by atoms with Gasteiger partial charge >= 0.3 is 5.97 Å². The number of hydrogen-bond acceptors (Lipinski definition) is 5. The third-order valence-electron chi connectivity index (χ3n) is 4.03. The highest BCUT2D eigenvalue weighted by Crippen LogP contribution is 2.03. The summed E-state index contributed by atoms with van der Waals surface area (Å²) < 4.78 is 66.4. The van der Waals surface area contributed by atoms with Crippen molar-refractivity contribution in [2.45, 2.75) is 19.4 Å². The summed E-state index contributed by atoms with van der Waals surface area (Å²) in [6.45, 7) is -0.381. The quantitative estimate of drug-likeness (QED) is 0.404. The molecule has 3 aromatic carbocycles. The molecule has 0 spiro atoms. The lowest BCUT2D eigenvalue weighted by Gasteiger charge is -1.96. The Morgan fingerprint density at radius 2 is 1.38 bits per heavy atom. The molecule has 182 valence electrons. The fraction of sp³-hybridized carbons (Fsp3) is 0.231. The molecule has 0 unspecified atom stereocenters. The Morgan fingerprint density at radius 1 is 0.941 bits per heavy atom. The second-order valence-corrected chi connectivity index (χ2v) is 6.55. The first-order chi connectivity index (χ1) is 17.4. The van der Waals surface area contributed by atoms with Crippen LogP contribution in [0.2, 0.25) is 0 Å². The molecule has 0 saturated carbocycles. The first-order valence-electron chi connectivity index (χ1n) is 11.6. The SMILES string of the molecule is C1CCOC1.COC(=O)c1ccc(F)cc1.[2H]C(=O)c1ccc(F)cc1.[2H]C([2H])(O)c1ccc(F)cc1. The molecule has 0 aliphatic carbocycles. The van der Waals surface area contributed by atoms with Gasteiger partial charge in [-0.25, -0.2) is 18.0 Å². The second-order valence-electron chi connectivity index (χ2n) is 6.55. The van der Waals surface area contributed by atoms with Gasteiger partial charge in [-0.1, -0.05) is 12.1 Å². The Bertz CT molecular complexity index is 1080. The molecule has 4 rings (SSSR count). The van der Waals surface area contributed by atoms with E-state index < -0.39 is 30.4 Å². The van der Waals surface area contributed by atoms with E-state index in [4.69, 9.17) is 14.0 Å². The molecule has 34 heavy (non-hydrogen) atoms. The molecule has 8 heteroatoms. The number of aldehydes is 1. The highest BCUT2D eigenvalue weighted by molar-refractivity contribution is 5.89. The number of benzene rings is 3. The summed E-state index contributed by atoms with van der Waals surface area (Å²) in [5, 5.41) is 8.79. The topological polar surface area (TPSA) is 72.8 Å². The first kappa shape index (κ1) is 23.7. The van der Waals surface area contributed by atoms with Crippen LogP contribution in [0.4, 0.5) is 13.2 Å². The minimum absolute atomic E-state index is 0.0545. The summed E-state index contributed by atoms with van der Waals surface area (Å²) >= 11 is 0. The van der Waals surface area contributed by atoms with E-state index in [0.717, 1.165) is 37.5 Å². The molecule has 0 atom stereocenters. The van der Waals surface area contributed by atoms with Crippen molar-refractivity contribution in [3.63, 3.8) is 0 Å². The Kier molecular flexibility index (Phi) is 11.9. The third-order valence-corrected chi connectivity index (χ3v) is 4.03. The van der Waals surface area contributed by atoms with E-state index in [2.05, 4.69) is 4.74 Å². The largest absolute Gasteiger partial charge is 0.465 e. The van der Waals surface area contributed by atoms with Crippen LogP contribution >= 0.6 is 0 Å². The number of methoxy groups -OCH3 is 1. The van der Waals surface area contributed by atoms with Crippen LogP contribution in [0.5, 0.6) is 0 Å². The number of carbonyl (C=O) groups is 2. The fourth-order valence-electron chi connectivity index (χ4n) is 2.26. The van der Waals surface area contributed by atoms with E-state index in [9.17, 15) is 22.8 Å². The third kappa shape index (κ3) is 12.5. The van der Waals surface area contributed by atoms with Crippen LogP contribution in [0.15, 0.2) is 72.8 Å². The van der Waals surface area contributed by atoms with Gasteiger partial charge in [-0.2, -0.15) is 0 Å². The number of rotatable bonds is 3. The zero-order valence-corrected chi connectivity index (χ0v) is 18.5. The number of aliphatic hydroxyl groups is 1. The molecule has 1 saturated heterocycles. The van der Waals surface area contributed by atoms with Crippen LogP contribution in [0.3, 0.4) is 0 Å². The average Bonchev–Trinajstić information content (AvgIpc) is 3.45. The maximum atomic E-state index is 12.3. The van der Waals surface area contributed by atoms with Crippen molar-refractivity contribution in [2.75, 3.05) is 20.3 Å². The van der Waals surface area contributed by atoms with Crippen LogP contribution in [0.1, 0.15) is 43.2 Å². The Morgan fingerprint density at radius 3 is 1.74 bits per heavy atom. The molecule has 3 aromatic rings. The van der Waals surface area contributed by atoms with Crippen LogP contribution in [0, 0.1) is 17.5 Å². The van der Waals surface area contributed by atoms with Crippen LogP contribution in [-0.2, 0) is 16.0 Å². The minimum atomic E-state index is -2.38. The van der Waals surface area contributed by atoms with E-state index in [1.165, 1.54) is 68.5 Å². The lowest BCUT2D eigenvalue weighted by atomic mass is 10.2. The van der Waals surface area contributed by atoms with Gasteiger partial charge in [0.15, 0.2) is 0 Å². The number of carbonyl (C=O) groups excluding carboxylic acids is 2. The van der Waals surface area contributed by atoms with Crippen molar-refractivity contribution in [3.05, 3.63) is 107 Å². The highest BCUT2D eigenvalue weighted by Gasteiger charge is 2.03. The molecular formula is C26H27F3O5. The molecule has 1 fully saturated rings. The zero-order chi connectivity index (χ0) is 27.8. The van der Waals surface area contributed by atoms with E-state index in [1.54, 1.807) is 0 Å². The van der Waals surface area contributed by atoms with Crippen LogP contribution in [-0.4, -0.2) is 37.7 Å². The lowest BCUT2D eigenvalue weighted by Crippen LogP contribution is -2.00. The standard InChI is InChI=1S/C8H7FO2.C7H7FO.C7H5FO.C4H8O/c1-11-8(10)6-2-4-7(9)5-3-6;2*8-7-3-1-6(5-9)2-4-7;1-2-4-5-3-1/h2-5H,1H3;1-4,9H,5H2;1-5H;1-4H2/i;5D2;5D;. The molecule has 0 aromatic heterocycles. The molecule has 1 aliphatic rings. The Hall–Kier alpha value is -3.49. The first-order valence-corrected chi connectivity index (χ1v) is 10.1. The maximum absolute atomic E-state index is 12.3. The maximum Gasteiger partial charge on any atom is 0.337 e. The lowest BCUT2D eigenvalue weighted by molar-refractivity contribution is 0.0600. The van der Waals surface area contributed by atoms with Gasteiger partial charge in [0.25, 0.3) is 0 Å². The number of halogens is 3. The van der Waals surface area contributed by atoms with E-state index in [1.807, 2.05) is 0 Å². The summed E-state index contributed by atoms with van der Waals surface area (Å²) in [6, 6.07) is 14.7. The molecular weight excluding hydrogens is 449 g/mol. The fourth-order valence-corrected chi connectivity index (χ4v) is 2.26. The smallest absolute Gasteiger partial charge is 0.337 e. The van der Waals surface area contributed by atoms with Crippen molar-refractivity contribution in [1.29, 1.82) is 0 Å². The van der Waals surface area contributed by atoms with Gasteiger partial charge in [-0.3, -0.25) is 4.79 Å². The van der Waals surface area contributed by atoms with Crippen molar-refractivity contribution in [2.24, 2.45) is 0 Å². The number of hydrogen-bond donors (Lipinski definition) is 1. The minimum Gasteiger partial charge on any atom is -0.465 e. The zero-order valence-electron chi connectivity index (χ0n) is 21.5. The Balaban J connectivity index is 0.000000254. The van der Waals surface area contributed by atoms with Crippen molar-refractivity contribution < 1.29 is 41.5 Å². The van der Waals surface area contributed by atoms with Crippen LogP contribution < -0.4 is 0 Å². The molecule has 1 N–H and O–H groups in total. The molecule has 5 nitrogen and oxygen atoms in total. The van der Waals surface area contributed by atoms with E-state index in [0.29, 0.717) is 5.56 Å². The summed E-state index contributed by atoms with van der Waals surface area (Å²) in [6.07, 6.45) is 1.76. The number of ether oxygens (including phenoxy) is 2. The van der Waals surface area contributed by atoms with Crippen molar-refractivity contribution in [3.8, 4) is 0 Å². The van der Waals surface area contributed by atoms with E-state index >= 15 is 0 Å². The molecule has 0 radical (unpaired) electrons. The van der Waals surface area contributed by atoms with Crippen LogP contribution in [0.25, 0.3) is 0 Å². The highest BCUT2D eigenvalue weighted by atomic mass is 19.1. The van der Waals surface area contributed by atoms with Crippen molar-refractivity contribution in [1.82, 2.24) is 0 Å². The predicted molar refractivity (Wildman–Crippen MR) is 122 cm³/mol.